The Kier molecular flexibility index (Phi) is 4.08. The van der Waals surface area contributed by atoms with Gasteiger partial charge in [-0.3, -0.25) is 4.79 Å². The molecule has 0 bridgehead atoms. The summed E-state index contributed by atoms with van der Waals surface area (Å²) in [4.78, 5) is 12.4. The standard InChI is InChI=1S/C14H20ClNO2/c1-7-8(2)12(18-6)10(9(3)11(7)15)13(17)14(4,5)16/h16H2,1-6H3. The van der Waals surface area contributed by atoms with Gasteiger partial charge in [0, 0.05) is 5.02 Å². The van der Waals surface area contributed by atoms with Gasteiger partial charge in [-0.1, -0.05) is 11.6 Å². The maximum atomic E-state index is 12.4. The molecular weight excluding hydrogens is 250 g/mol. The first-order chi connectivity index (χ1) is 8.12. The largest absolute Gasteiger partial charge is 0.496 e. The third kappa shape index (κ3) is 2.38. The third-order valence-corrected chi connectivity index (χ3v) is 3.75. The lowest BCUT2D eigenvalue weighted by atomic mass is 9.88. The molecule has 1 rings (SSSR count). The van der Waals surface area contributed by atoms with Crippen LogP contribution in [0.2, 0.25) is 5.02 Å². The smallest absolute Gasteiger partial charge is 0.186 e. The van der Waals surface area contributed by atoms with Crippen molar-refractivity contribution >= 4 is 17.4 Å². The fourth-order valence-corrected chi connectivity index (χ4v) is 2.17. The van der Waals surface area contributed by atoms with Gasteiger partial charge in [0.25, 0.3) is 0 Å². The SMILES string of the molecule is COc1c(C)c(C)c(Cl)c(C)c1C(=O)C(C)(C)N. The second kappa shape index (κ2) is 4.90. The van der Waals surface area contributed by atoms with E-state index in [1.54, 1.807) is 21.0 Å². The molecular formula is C14H20ClNO2. The van der Waals surface area contributed by atoms with Gasteiger partial charge >= 0.3 is 0 Å². The number of carbonyl (C=O) groups excluding carboxylic acids is 1. The van der Waals surface area contributed by atoms with Gasteiger partial charge in [0.1, 0.15) is 5.75 Å². The lowest BCUT2D eigenvalue weighted by molar-refractivity contribution is 0.0909. The number of hydrogen-bond acceptors (Lipinski definition) is 3. The van der Waals surface area contributed by atoms with Gasteiger partial charge in [-0.15, -0.1) is 0 Å². The number of Topliss-reactive ketones (excluding diaryl/α,β-unsaturated/α-hetero) is 1. The van der Waals surface area contributed by atoms with E-state index in [1.807, 2.05) is 20.8 Å². The van der Waals surface area contributed by atoms with Crippen molar-refractivity contribution in [3.05, 3.63) is 27.3 Å². The van der Waals surface area contributed by atoms with E-state index in [1.165, 1.54) is 0 Å². The minimum absolute atomic E-state index is 0.165. The van der Waals surface area contributed by atoms with Crippen LogP contribution in [0, 0.1) is 20.8 Å². The number of methoxy groups -OCH3 is 1. The molecule has 0 aliphatic heterocycles. The van der Waals surface area contributed by atoms with Gasteiger partial charge in [-0.2, -0.15) is 0 Å². The van der Waals surface area contributed by atoms with Crippen LogP contribution in [0.15, 0.2) is 0 Å². The number of halogens is 1. The molecule has 100 valence electrons. The van der Waals surface area contributed by atoms with Crippen molar-refractivity contribution < 1.29 is 9.53 Å². The topological polar surface area (TPSA) is 52.3 Å². The van der Waals surface area contributed by atoms with Crippen LogP contribution in [0.1, 0.15) is 40.9 Å². The molecule has 0 saturated carbocycles. The number of ketones is 1. The molecule has 1 aromatic rings. The molecule has 0 aromatic heterocycles. The molecule has 0 aliphatic carbocycles. The predicted octanol–water partition coefficient (Wildman–Crippen LogP) is 3.19. The molecule has 3 nitrogen and oxygen atoms in total. The number of benzene rings is 1. The Morgan fingerprint density at radius 1 is 1.17 bits per heavy atom. The lowest BCUT2D eigenvalue weighted by Gasteiger charge is -2.23. The van der Waals surface area contributed by atoms with Crippen molar-refractivity contribution in [1.29, 1.82) is 0 Å². The zero-order chi connectivity index (χ0) is 14.2. The molecule has 1 aromatic carbocycles. The second-order valence-electron chi connectivity index (χ2n) is 5.15. The summed E-state index contributed by atoms with van der Waals surface area (Å²) in [6.45, 7) is 8.97. The fourth-order valence-electron chi connectivity index (χ4n) is 1.93. The quantitative estimate of drug-likeness (QED) is 0.858. The Morgan fingerprint density at radius 3 is 2.06 bits per heavy atom. The molecule has 0 atom stereocenters. The highest BCUT2D eigenvalue weighted by Crippen LogP contribution is 2.37. The lowest BCUT2D eigenvalue weighted by Crippen LogP contribution is -2.42. The summed E-state index contributed by atoms with van der Waals surface area (Å²) in [5, 5.41) is 0.598. The zero-order valence-electron chi connectivity index (χ0n) is 11.8. The van der Waals surface area contributed by atoms with Crippen molar-refractivity contribution in [2.75, 3.05) is 7.11 Å². The summed E-state index contributed by atoms with van der Waals surface area (Å²) < 4.78 is 5.37. The van der Waals surface area contributed by atoms with E-state index in [4.69, 9.17) is 22.1 Å². The number of rotatable bonds is 3. The van der Waals surface area contributed by atoms with Crippen LogP contribution < -0.4 is 10.5 Å². The molecule has 0 aliphatic rings. The average Bonchev–Trinajstić information content (AvgIpc) is 2.28. The highest BCUT2D eigenvalue weighted by Gasteiger charge is 2.30. The van der Waals surface area contributed by atoms with Gasteiger partial charge in [-0.25, -0.2) is 0 Å². The van der Waals surface area contributed by atoms with Crippen molar-refractivity contribution in [1.82, 2.24) is 0 Å². The summed E-state index contributed by atoms with van der Waals surface area (Å²) in [5.41, 5.74) is 7.95. The van der Waals surface area contributed by atoms with E-state index in [0.717, 1.165) is 16.7 Å². The van der Waals surface area contributed by atoms with Gasteiger partial charge in [-0.05, 0) is 51.3 Å². The van der Waals surface area contributed by atoms with Crippen LogP contribution in [0.5, 0.6) is 5.75 Å². The van der Waals surface area contributed by atoms with E-state index >= 15 is 0 Å². The second-order valence-corrected chi connectivity index (χ2v) is 5.53. The summed E-state index contributed by atoms with van der Waals surface area (Å²) in [7, 11) is 1.55. The van der Waals surface area contributed by atoms with Crippen molar-refractivity contribution in [2.45, 2.75) is 40.2 Å². The van der Waals surface area contributed by atoms with Crippen molar-refractivity contribution in [3.63, 3.8) is 0 Å². The molecule has 0 amide bonds. The van der Waals surface area contributed by atoms with E-state index in [-0.39, 0.29) is 5.78 Å². The molecule has 0 radical (unpaired) electrons. The predicted molar refractivity (Wildman–Crippen MR) is 74.8 cm³/mol. The minimum atomic E-state index is -0.955. The van der Waals surface area contributed by atoms with Gasteiger partial charge in [0.2, 0.25) is 0 Å². The highest BCUT2D eigenvalue weighted by molar-refractivity contribution is 6.33. The fraction of sp³-hybridized carbons (Fsp3) is 0.500. The van der Waals surface area contributed by atoms with Gasteiger partial charge in [0.15, 0.2) is 5.78 Å². The summed E-state index contributed by atoms with van der Waals surface area (Å²) in [6, 6.07) is 0. The number of nitrogens with two attached hydrogens (primary N) is 1. The van der Waals surface area contributed by atoms with E-state index in [2.05, 4.69) is 0 Å². The number of ether oxygens (including phenoxy) is 1. The van der Waals surface area contributed by atoms with Crippen LogP contribution in [0.25, 0.3) is 0 Å². The zero-order valence-corrected chi connectivity index (χ0v) is 12.5. The first-order valence-electron chi connectivity index (χ1n) is 5.79. The van der Waals surface area contributed by atoms with Crippen LogP contribution in [0.3, 0.4) is 0 Å². The molecule has 2 N–H and O–H groups in total. The van der Waals surface area contributed by atoms with E-state index in [9.17, 15) is 4.79 Å². The van der Waals surface area contributed by atoms with Gasteiger partial charge < -0.3 is 10.5 Å². The van der Waals surface area contributed by atoms with E-state index in [0.29, 0.717) is 16.3 Å². The Hall–Kier alpha value is -1.06. The summed E-state index contributed by atoms with van der Waals surface area (Å²) in [6.07, 6.45) is 0. The Balaban J connectivity index is 3.68. The first kappa shape index (κ1) is 15.0. The minimum Gasteiger partial charge on any atom is -0.496 e. The summed E-state index contributed by atoms with van der Waals surface area (Å²) in [5.74, 6) is 0.403. The number of hydrogen-bond donors (Lipinski definition) is 1. The van der Waals surface area contributed by atoms with Crippen molar-refractivity contribution in [3.8, 4) is 5.75 Å². The monoisotopic (exact) mass is 269 g/mol. The third-order valence-electron chi connectivity index (χ3n) is 3.18. The molecule has 0 heterocycles. The summed E-state index contributed by atoms with van der Waals surface area (Å²) >= 11 is 6.26. The van der Waals surface area contributed by atoms with Crippen LogP contribution in [-0.2, 0) is 0 Å². The first-order valence-corrected chi connectivity index (χ1v) is 6.17. The Morgan fingerprint density at radius 2 is 1.67 bits per heavy atom. The van der Waals surface area contributed by atoms with E-state index < -0.39 is 5.54 Å². The normalized spacial score (nSPS) is 11.6. The van der Waals surface area contributed by atoms with Gasteiger partial charge in [0.05, 0.1) is 18.2 Å². The molecule has 0 unspecified atom stereocenters. The molecule has 0 fully saturated rings. The Labute approximate surface area is 113 Å². The van der Waals surface area contributed by atoms with Crippen LogP contribution in [-0.4, -0.2) is 18.4 Å². The van der Waals surface area contributed by atoms with Crippen LogP contribution >= 0.6 is 11.6 Å². The highest BCUT2D eigenvalue weighted by atomic mass is 35.5. The maximum Gasteiger partial charge on any atom is 0.186 e. The molecule has 0 spiro atoms. The average molecular weight is 270 g/mol. The van der Waals surface area contributed by atoms with Crippen LogP contribution in [0.4, 0.5) is 0 Å². The number of carbonyl (C=O) groups is 1. The molecule has 0 saturated heterocycles. The van der Waals surface area contributed by atoms with Crippen molar-refractivity contribution in [2.24, 2.45) is 5.73 Å². The molecule has 18 heavy (non-hydrogen) atoms. The molecule has 4 heteroatoms. The Bertz CT molecular complexity index is 502. The maximum absolute atomic E-state index is 12.4.